The minimum Gasteiger partial charge on any atom is -0.455 e. The molecule has 1 aliphatic heterocycles. The Bertz CT molecular complexity index is 1130. The van der Waals surface area contributed by atoms with Crippen molar-refractivity contribution in [3.8, 4) is 11.3 Å². The average Bonchev–Trinajstić information content (AvgIpc) is 3.39. The molecule has 3 aromatic rings. The van der Waals surface area contributed by atoms with Crippen molar-refractivity contribution in [1.29, 1.82) is 0 Å². The molecular weight excluding hydrogens is 440 g/mol. The number of aromatic nitrogens is 2. The number of carbonyl (C=O) groups excluding carboxylic acids is 1. The maximum Gasteiger partial charge on any atom is 0.287 e. The van der Waals surface area contributed by atoms with E-state index in [1.54, 1.807) is 0 Å². The first-order valence-electron chi connectivity index (χ1n) is 11.6. The first kappa shape index (κ1) is 22.2. The van der Waals surface area contributed by atoms with Crippen LogP contribution in [0, 0.1) is 6.92 Å². The van der Waals surface area contributed by atoms with Crippen LogP contribution in [0.4, 0.5) is 0 Å². The fraction of sp³-hybridized carbons (Fsp3) is 0.440. The largest absolute Gasteiger partial charge is 0.455 e. The molecule has 33 heavy (non-hydrogen) atoms. The predicted octanol–water partition coefficient (Wildman–Crippen LogP) is 3.70. The lowest BCUT2D eigenvalue weighted by Gasteiger charge is -2.26. The second-order valence-electron chi connectivity index (χ2n) is 8.74. The summed E-state index contributed by atoms with van der Waals surface area (Å²) in [7, 11) is 0. The van der Waals surface area contributed by atoms with Crippen molar-refractivity contribution in [3.05, 3.63) is 63.7 Å². The van der Waals surface area contributed by atoms with Crippen molar-refractivity contribution in [1.82, 2.24) is 20.0 Å². The fourth-order valence-corrected chi connectivity index (χ4v) is 4.77. The molecule has 2 aliphatic rings. The Hall–Kier alpha value is -2.61. The van der Waals surface area contributed by atoms with Gasteiger partial charge in [-0.1, -0.05) is 23.7 Å². The minimum absolute atomic E-state index is 0.147. The van der Waals surface area contributed by atoms with Gasteiger partial charge >= 0.3 is 0 Å². The standard InChI is InChI=1S/C25H29ClN4O3/c1-17-22-21(33-24(17)25(31)27-9-2-10-29-11-13-32-14-12-29)8-5-19-16-30(28-23(19)22)15-18-3-6-20(26)7-4-18/h3-4,6-7,16H,2,5,8-15H2,1H3,(H,27,31). The minimum atomic E-state index is -0.147. The highest BCUT2D eigenvalue weighted by Gasteiger charge is 2.29. The van der Waals surface area contributed by atoms with Gasteiger partial charge in [0.1, 0.15) is 5.76 Å². The summed E-state index contributed by atoms with van der Waals surface area (Å²) in [6, 6.07) is 7.81. The molecule has 7 nitrogen and oxygen atoms in total. The summed E-state index contributed by atoms with van der Waals surface area (Å²) in [4.78, 5) is 15.2. The van der Waals surface area contributed by atoms with E-state index < -0.39 is 0 Å². The van der Waals surface area contributed by atoms with E-state index in [2.05, 4.69) is 16.4 Å². The second-order valence-corrected chi connectivity index (χ2v) is 9.18. The molecule has 1 amide bonds. The van der Waals surface area contributed by atoms with Crippen LogP contribution in [-0.4, -0.2) is 60.0 Å². The van der Waals surface area contributed by atoms with Gasteiger partial charge in [-0.15, -0.1) is 0 Å². The van der Waals surface area contributed by atoms with Crippen LogP contribution in [0.2, 0.25) is 5.02 Å². The van der Waals surface area contributed by atoms with Crippen molar-refractivity contribution in [3.63, 3.8) is 0 Å². The lowest BCUT2D eigenvalue weighted by atomic mass is 9.93. The quantitative estimate of drug-likeness (QED) is 0.535. The van der Waals surface area contributed by atoms with E-state index >= 15 is 0 Å². The van der Waals surface area contributed by atoms with Crippen molar-refractivity contribution in [2.75, 3.05) is 39.4 Å². The molecule has 1 fully saturated rings. The summed E-state index contributed by atoms with van der Waals surface area (Å²) in [6.45, 7) is 7.73. The van der Waals surface area contributed by atoms with Crippen LogP contribution in [0.25, 0.3) is 11.3 Å². The molecule has 1 N–H and O–H groups in total. The van der Waals surface area contributed by atoms with Gasteiger partial charge in [0.2, 0.25) is 0 Å². The van der Waals surface area contributed by atoms with E-state index in [1.165, 1.54) is 5.56 Å². The smallest absolute Gasteiger partial charge is 0.287 e. The maximum absolute atomic E-state index is 12.8. The molecule has 2 aromatic heterocycles. The Kier molecular flexibility index (Phi) is 6.53. The number of halogens is 1. The molecule has 1 aromatic carbocycles. The lowest BCUT2D eigenvalue weighted by molar-refractivity contribution is 0.0374. The van der Waals surface area contributed by atoms with E-state index in [-0.39, 0.29) is 5.91 Å². The van der Waals surface area contributed by atoms with E-state index in [4.69, 9.17) is 25.9 Å². The van der Waals surface area contributed by atoms with Crippen LogP contribution in [0.5, 0.6) is 0 Å². The molecule has 0 radical (unpaired) electrons. The number of hydrogen-bond donors (Lipinski definition) is 1. The molecule has 174 valence electrons. The molecule has 0 atom stereocenters. The highest BCUT2D eigenvalue weighted by molar-refractivity contribution is 6.30. The van der Waals surface area contributed by atoms with Gasteiger partial charge < -0.3 is 14.5 Å². The molecule has 0 bridgehead atoms. The van der Waals surface area contributed by atoms with Crippen molar-refractivity contribution in [2.24, 2.45) is 0 Å². The zero-order chi connectivity index (χ0) is 22.8. The third kappa shape index (κ3) is 4.86. The van der Waals surface area contributed by atoms with Gasteiger partial charge in [-0.3, -0.25) is 14.4 Å². The Balaban J connectivity index is 1.26. The Morgan fingerprint density at radius 1 is 1.18 bits per heavy atom. The summed E-state index contributed by atoms with van der Waals surface area (Å²) in [5.41, 5.74) is 5.11. The van der Waals surface area contributed by atoms with Crippen molar-refractivity contribution >= 4 is 17.5 Å². The van der Waals surface area contributed by atoms with Crippen LogP contribution >= 0.6 is 11.6 Å². The first-order chi connectivity index (χ1) is 16.1. The average molecular weight is 469 g/mol. The Labute approximate surface area is 198 Å². The van der Waals surface area contributed by atoms with Gasteiger partial charge in [0, 0.05) is 48.4 Å². The van der Waals surface area contributed by atoms with Gasteiger partial charge in [-0.2, -0.15) is 5.10 Å². The number of rotatable bonds is 7. The maximum atomic E-state index is 12.8. The Morgan fingerprint density at radius 3 is 2.76 bits per heavy atom. The SMILES string of the molecule is Cc1c(C(=O)NCCCN2CCOCC2)oc2c1-c1nn(Cc3ccc(Cl)cc3)cc1CC2. The van der Waals surface area contributed by atoms with Crippen LogP contribution in [-0.2, 0) is 24.1 Å². The molecule has 0 saturated carbocycles. The third-order valence-electron chi connectivity index (χ3n) is 6.42. The predicted molar refractivity (Wildman–Crippen MR) is 127 cm³/mol. The molecule has 1 saturated heterocycles. The van der Waals surface area contributed by atoms with Crippen LogP contribution in [0.15, 0.2) is 34.9 Å². The molecule has 1 aliphatic carbocycles. The third-order valence-corrected chi connectivity index (χ3v) is 6.67. The van der Waals surface area contributed by atoms with E-state index in [9.17, 15) is 4.79 Å². The fourth-order valence-electron chi connectivity index (χ4n) is 4.65. The zero-order valence-electron chi connectivity index (χ0n) is 18.9. The molecule has 3 heterocycles. The molecule has 5 rings (SSSR count). The normalized spacial score (nSPS) is 15.8. The number of fused-ring (bicyclic) bond motifs is 3. The van der Waals surface area contributed by atoms with Crippen LogP contribution < -0.4 is 5.32 Å². The van der Waals surface area contributed by atoms with Gasteiger partial charge in [-0.05, 0) is 49.6 Å². The van der Waals surface area contributed by atoms with Crippen LogP contribution in [0.1, 0.15) is 39.4 Å². The number of amides is 1. The summed E-state index contributed by atoms with van der Waals surface area (Å²) < 4.78 is 13.4. The molecule has 0 unspecified atom stereocenters. The molecular formula is C25H29ClN4O3. The van der Waals surface area contributed by atoms with E-state index in [0.717, 1.165) is 85.3 Å². The Morgan fingerprint density at radius 2 is 1.97 bits per heavy atom. The summed E-state index contributed by atoms with van der Waals surface area (Å²) in [5, 5.41) is 8.60. The van der Waals surface area contributed by atoms with E-state index in [0.29, 0.717) is 18.8 Å². The van der Waals surface area contributed by atoms with Gasteiger partial charge in [0.25, 0.3) is 5.91 Å². The number of ether oxygens (including phenoxy) is 1. The highest BCUT2D eigenvalue weighted by atomic mass is 35.5. The van der Waals surface area contributed by atoms with Crippen molar-refractivity contribution in [2.45, 2.75) is 32.7 Å². The van der Waals surface area contributed by atoms with Gasteiger partial charge in [0.05, 0.1) is 25.5 Å². The number of benzene rings is 1. The molecule has 0 spiro atoms. The lowest BCUT2D eigenvalue weighted by Crippen LogP contribution is -2.38. The zero-order valence-corrected chi connectivity index (χ0v) is 19.7. The number of hydrogen-bond acceptors (Lipinski definition) is 5. The summed E-state index contributed by atoms with van der Waals surface area (Å²) >= 11 is 6.00. The van der Waals surface area contributed by atoms with Gasteiger partial charge in [0.15, 0.2) is 5.76 Å². The monoisotopic (exact) mass is 468 g/mol. The second kappa shape index (κ2) is 9.71. The highest BCUT2D eigenvalue weighted by Crippen LogP contribution is 2.38. The van der Waals surface area contributed by atoms with E-state index in [1.807, 2.05) is 35.9 Å². The topological polar surface area (TPSA) is 72.5 Å². The summed E-state index contributed by atoms with van der Waals surface area (Å²) in [5.74, 6) is 1.12. The first-order valence-corrected chi connectivity index (χ1v) is 12.0. The molecule has 8 heteroatoms. The number of carbonyl (C=O) groups is 1. The summed E-state index contributed by atoms with van der Waals surface area (Å²) in [6.07, 6.45) is 4.64. The van der Waals surface area contributed by atoms with Gasteiger partial charge in [-0.25, -0.2) is 0 Å². The van der Waals surface area contributed by atoms with Crippen molar-refractivity contribution < 1.29 is 13.9 Å². The number of aryl methyl sites for hydroxylation is 2. The van der Waals surface area contributed by atoms with Crippen LogP contribution in [0.3, 0.4) is 0 Å². The number of nitrogens with one attached hydrogen (secondary N) is 1. The number of furan rings is 1. The number of nitrogens with zero attached hydrogens (tertiary/aromatic N) is 3. The number of morpholine rings is 1.